The van der Waals surface area contributed by atoms with Crippen LogP contribution in [-0.4, -0.2) is 17.5 Å². The van der Waals surface area contributed by atoms with Crippen LogP contribution in [0.15, 0.2) is 47.8 Å². The number of hydrogen-bond acceptors (Lipinski definition) is 5. The fourth-order valence-electron chi connectivity index (χ4n) is 2.08. The van der Waals surface area contributed by atoms with E-state index >= 15 is 0 Å². The van der Waals surface area contributed by atoms with Crippen LogP contribution in [0.1, 0.15) is 5.56 Å². The molecule has 0 atom stereocenters. The van der Waals surface area contributed by atoms with E-state index in [1.165, 1.54) is 12.1 Å². The Labute approximate surface area is 151 Å². The van der Waals surface area contributed by atoms with E-state index < -0.39 is 17.5 Å². The summed E-state index contributed by atoms with van der Waals surface area (Å²) < 4.78 is 31.6. The number of carbonyl (C=O) groups excluding carboxylic acids is 1. The number of ether oxygens (including phenoxy) is 1. The fraction of sp³-hybridized carbons (Fsp3) is 0.0556. The maximum Gasteiger partial charge on any atom is 0.264 e. The van der Waals surface area contributed by atoms with Gasteiger partial charge in [-0.15, -0.1) is 11.3 Å². The van der Waals surface area contributed by atoms with Crippen LogP contribution in [0.2, 0.25) is 0 Å². The zero-order valence-electron chi connectivity index (χ0n) is 13.2. The summed E-state index contributed by atoms with van der Waals surface area (Å²) in [6, 6.07) is 11.9. The molecule has 0 radical (unpaired) electrons. The van der Waals surface area contributed by atoms with Crippen molar-refractivity contribution >= 4 is 22.4 Å². The first-order valence-corrected chi connectivity index (χ1v) is 8.27. The Kier molecular flexibility index (Phi) is 5.20. The molecule has 0 saturated carbocycles. The third-order valence-corrected chi connectivity index (χ3v) is 4.06. The highest BCUT2D eigenvalue weighted by Gasteiger charge is 2.11. The summed E-state index contributed by atoms with van der Waals surface area (Å²) in [4.78, 5) is 16.1. The zero-order valence-corrected chi connectivity index (χ0v) is 14.0. The number of amides is 1. The summed E-state index contributed by atoms with van der Waals surface area (Å²) in [6.07, 6.45) is 0. The molecule has 8 heteroatoms. The van der Waals surface area contributed by atoms with E-state index in [4.69, 9.17) is 10.00 Å². The molecule has 26 heavy (non-hydrogen) atoms. The van der Waals surface area contributed by atoms with Gasteiger partial charge in [-0.05, 0) is 36.4 Å². The Bertz CT molecular complexity index is 998. The maximum atomic E-state index is 13.3. The lowest BCUT2D eigenvalue weighted by Crippen LogP contribution is -2.20. The Balaban J connectivity index is 1.60. The van der Waals surface area contributed by atoms with Crippen molar-refractivity contribution in [2.24, 2.45) is 0 Å². The summed E-state index contributed by atoms with van der Waals surface area (Å²) in [7, 11) is 0. The monoisotopic (exact) mass is 371 g/mol. The molecule has 1 N–H and O–H groups in total. The lowest BCUT2D eigenvalue weighted by atomic mass is 10.2. The number of hydrogen-bond donors (Lipinski definition) is 1. The summed E-state index contributed by atoms with van der Waals surface area (Å²) in [5.41, 5.74) is 1.26. The van der Waals surface area contributed by atoms with Gasteiger partial charge >= 0.3 is 0 Å². The summed E-state index contributed by atoms with van der Waals surface area (Å²) in [5, 5.41) is 13.3. The van der Waals surface area contributed by atoms with Crippen LogP contribution in [-0.2, 0) is 4.79 Å². The van der Waals surface area contributed by atoms with Crippen molar-refractivity contribution < 1.29 is 18.3 Å². The molecule has 0 aliphatic carbocycles. The molecule has 1 aromatic heterocycles. The molecule has 130 valence electrons. The number of nitrogens with zero attached hydrogens (tertiary/aromatic N) is 2. The number of anilines is 1. The van der Waals surface area contributed by atoms with Crippen LogP contribution in [0.5, 0.6) is 5.75 Å². The third kappa shape index (κ3) is 4.20. The van der Waals surface area contributed by atoms with Gasteiger partial charge in [0.05, 0.1) is 17.3 Å². The van der Waals surface area contributed by atoms with Crippen LogP contribution in [0, 0.1) is 23.0 Å². The standard InChI is InChI=1S/C18H11F2N3O2S/c19-14-5-4-12(7-15(14)20)16-10-26-18(22-16)23-17(24)9-25-13-3-1-2-11(6-13)8-21/h1-7,10H,9H2,(H,22,23,24). The Hall–Kier alpha value is -3.31. The van der Waals surface area contributed by atoms with Gasteiger partial charge in [0, 0.05) is 10.9 Å². The molecular formula is C18H11F2N3O2S. The SMILES string of the molecule is N#Cc1cccc(OCC(=O)Nc2nc(-c3ccc(F)c(F)c3)cs2)c1. The number of nitrogens with one attached hydrogen (secondary N) is 1. The second-order valence-electron chi connectivity index (χ2n) is 5.14. The molecule has 0 spiro atoms. The molecular weight excluding hydrogens is 360 g/mol. The highest BCUT2D eigenvalue weighted by molar-refractivity contribution is 7.14. The van der Waals surface area contributed by atoms with Crippen molar-refractivity contribution in [1.82, 2.24) is 4.98 Å². The molecule has 0 saturated heterocycles. The van der Waals surface area contributed by atoms with Gasteiger partial charge in [-0.2, -0.15) is 5.26 Å². The Morgan fingerprint density at radius 2 is 2.08 bits per heavy atom. The van der Waals surface area contributed by atoms with Crippen molar-refractivity contribution in [3.63, 3.8) is 0 Å². The molecule has 1 amide bonds. The van der Waals surface area contributed by atoms with Crippen molar-refractivity contribution in [2.75, 3.05) is 11.9 Å². The minimum absolute atomic E-state index is 0.255. The largest absolute Gasteiger partial charge is 0.484 e. The second-order valence-corrected chi connectivity index (χ2v) is 6.00. The van der Waals surface area contributed by atoms with Crippen molar-refractivity contribution in [2.45, 2.75) is 0 Å². The van der Waals surface area contributed by atoms with E-state index in [-0.39, 0.29) is 6.61 Å². The fourth-order valence-corrected chi connectivity index (χ4v) is 2.81. The molecule has 0 fully saturated rings. The number of aromatic nitrogens is 1. The average Bonchev–Trinajstić information content (AvgIpc) is 3.11. The van der Waals surface area contributed by atoms with Gasteiger partial charge in [-0.25, -0.2) is 13.8 Å². The van der Waals surface area contributed by atoms with Gasteiger partial charge in [0.15, 0.2) is 23.4 Å². The Morgan fingerprint density at radius 1 is 1.23 bits per heavy atom. The van der Waals surface area contributed by atoms with Crippen LogP contribution >= 0.6 is 11.3 Å². The van der Waals surface area contributed by atoms with Crippen molar-refractivity contribution in [1.29, 1.82) is 5.26 Å². The predicted octanol–water partition coefficient (Wildman–Crippen LogP) is 3.98. The van der Waals surface area contributed by atoms with Gasteiger partial charge in [0.25, 0.3) is 5.91 Å². The van der Waals surface area contributed by atoms with E-state index in [2.05, 4.69) is 10.3 Å². The van der Waals surface area contributed by atoms with Gasteiger partial charge in [-0.1, -0.05) is 6.07 Å². The van der Waals surface area contributed by atoms with Crippen LogP contribution in [0.4, 0.5) is 13.9 Å². The second kappa shape index (κ2) is 7.72. The average molecular weight is 371 g/mol. The molecule has 1 heterocycles. The van der Waals surface area contributed by atoms with Crippen LogP contribution in [0.25, 0.3) is 11.3 Å². The first-order chi connectivity index (χ1) is 12.5. The van der Waals surface area contributed by atoms with Crippen LogP contribution < -0.4 is 10.1 Å². The van der Waals surface area contributed by atoms with Gasteiger partial charge in [0.2, 0.25) is 0 Å². The predicted molar refractivity (Wildman–Crippen MR) is 92.7 cm³/mol. The van der Waals surface area contributed by atoms with Gasteiger partial charge in [-0.3, -0.25) is 10.1 Å². The quantitative estimate of drug-likeness (QED) is 0.736. The minimum Gasteiger partial charge on any atom is -0.484 e. The molecule has 3 rings (SSSR count). The summed E-state index contributed by atoms with van der Waals surface area (Å²) in [6.45, 7) is -0.255. The number of halogens is 2. The zero-order chi connectivity index (χ0) is 18.5. The van der Waals surface area contributed by atoms with E-state index in [0.29, 0.717) is 27.7 Å². The first-order valence-electron chi connectivity index (χ1n) is 7.39. The molecule has 0 bridgehead atoms. The first kappa shape index (κ1) is 17.5. The molecule has 5 nitrogen and oxygen atoms in total. The molecule has 0 aliphatic rings. The lowest BCUT2D eigenvalue weighted by Gasteiger charge is -2.05. The topological polar surface area (TPSA) is 75.0 Å². The van der Waals surface area contributed by atoms with Crippen LogP contribution in [0.3, 0.4) is 0 Å². The van der Waals surface area contributed by atoms with E-state index in [0.717, 1.165) is 23.5 Å². The Morgan fingerprint density at radius 3 is 2.85 bits per heavy atom. The maximum absolute atomic E-state index is 13.3. The van der Waals surface area contributed by atoms with Gasteiger partial charge < -0.3 is 4.74 Å². The third-order valence-electron chi connectivity index (χ3n) is 3.30. The van der Waals surface area contributed by atoms with Crippen molar-refractivity contribution in [3.8, 4) is 23.1 Å². The number of benzene rings is 2. The minimum atomic E-state index is -0.964. The molecule has 2 aromatic carbocycles. The van der Waals surface area contributed by atoms with E-state index in [1.807, 2.05) is 6.07 Å². The number of carbonyl (C=O) groups is 1. The van der Waals surface area contributed by atoms with E-state index in [9.17, 15) is 13.6 Å². The van der Waals surface area contributed by atoms with Gasteiger partial charge in [0.1, 0.15) is 5.75 Å². The number of nitriles is 1. The lowest BCUT2D eigenvalue weighted by molar-refractivity contribution is -0.118. The highest BCUT2D eigenvalue weighted by atomic mass is 32.1. The highest BCUT2D eigenvalue weighted by Crippen LogP contribution is 2.26. The smallest absolute Gasteiger partial charge is 0.264 e. The number of rotatable bonds is 5. The van der Waals surface area contributed by atoms with E-state index in [1.54, 1.807) is 23.6 Å². The molecule has 0 unspecified atom stereocenters. The number of thiazole rings is 1. The molecule has 3 aromatic rings. The summed E-state index contributed by atoms with van der Waals surface area (Å²) in [5.74, 6) is -1.93. The normalized spacial score (nSPS) is 10.2. The summed E-state index contributed by atoms with van der Waals surface area (Å²) >= 11 is 1.15. The molecule has 0 aliphatic heterocycles. The van der Waals surface area contributed by atoms with Crippen molar-refractivity contribution in [3.05, 3.63) is 65.0 Å².